The van der Waals surface area contributed by atoms with Gasteiger partial charge in [0.2, 0.25) is 0 Å². The molecule has 2 aromatic rings. The highest BCUT2D eigenvalue weighted by molar-refractivity contribution is 5.94. The van der Waals surface area contributed by atoms with E-state index < -0.39 is 0 Å². The molecule has 0 aliphatic rings. The highest BCUT2D eigenvalue weighted by Crippen LogP contribution is 2.14. The number of hydrogen-bond donors (Lipinski definition) is 1. The summed E-state index contributed by atoms with van der Waals surface area (Å²) < 4.78 is 10.9. The Balaban J connectivity index is 1.83. The number of carbonyl (C=O) groups excluding carboxylic acids is 1. The molecule has 0 fully saturated rings. The number of hydrogen-bond acceptors (Lipinski definition) is 3. The maximum Gasteiger partial charge on any atom is 0.251 e. The number of aryl methyl sites for hydroxylation is 1. The number of ether oxygens (including phenoxy) is 1. The first-order valence-electron chi connectivity index (χ1n) is 7.64. The molecule has 0 radical (unpaired) electrons. The van der Waals surface area contributed by atoms with Crippen LogP contribution >= 0.6 is 0 Å². The maximum atomic E-state index is 12.2. The van der Waals surface area contributed by atoms with Crippen LogP contribution in [0.4, 0.5) is 0 Å². The van der Waals surface area contributed by atoms with E-state index in [4.69, 9.17) is 9.15 Å². The van der Waals surface area contributed by atoms with E-state index in [-0.39, 0.29) is 18.1 Å². The Kier molecular flexibility index (Phi) is 5.64. The van der Waals surface area contributed by atoms with Crippen LogP contribution in [0.25, 0.3) is 0 Å². The zero-order valence-corrected chi connectivity index (χ0v) is 13.3. The van der Waals surface area contributed by atoms with E-state index in [0.717, 1.165) is 24.4 Å². The van der Waals surface area contributed by atoms with Gasteiger partial charge in [0, 0.05) is 18.0 Å². The lowest BCUT2D eigenvalue weighted by atomic mass is 10.1. The molecule has 1 unspecified atom stereocenters. The molecule has 2 rings (SSSR count). The van der Waals surface area contributed by atoms with Crippen molar-refractivity contribution in [3.8, 4) is 5.75 Å². The summed E-state index contributed by atoms with van der Waals surface area (Å²) >= 11 is 0. The van der Waals surface area contributed by atoms with E-state index in [2.05, 4.69) is 5.32 Å². The van der Waals surface area contributed by atoms with Gasteiger partial charge in [-0.1, -0.05) is 0 Å². The van der Waals surface area contributed by atoms with Gasteiger partial charge in [-0.25, -0.2) is 0 Å². The summed E-state index contributed by atoms with van der Waals surface area (Å²) in [5.74, 6) is 1.65. The summed E-state index contributed by atoms with van der Waals surface area (Å²) in [5, 5.41) is 3.00. The number of furan rings is 1. The summed E-state index contributed by atoms with van der Waals surface area (Å²) in [6, 6.07) is 11.1. The molecule has 4 heteroatoms. The SMILES string of the molecule is CC(CCc1ccco1)NC(=O)c1ccc(OC(C)C)cc1. The Bertz CT molecular complexity index is 573. The second kappa shape index (κ2) is 7.69. The van der Waals surface area contributed by atoms with Gasteiger partial charge in [-0.15, -0.1) is 0 Å². The van der Waals surface area contributed by atoms with E-state index in [0.29, 0.717) is 5.56 Å². The fourth-order valence-corrected chi connectivity index (χ4v) is 2.15. The van der Waals surface area contributed by atoms with Crippen LogP contribution < -0.4 is 10.1 Å². The Hall–Kier alpha value is -2.23. The van der Waals surface area contributed by atoms with Crippen molar-refractivity contribution in [2.75, 3.05) is 0 Å². The number of carbonyl (C=O) groups is 1. The molecule has 1 aromatic heterocycles. The van der Waals surface area contributed by atoms with Crippen LogP contribution in [-0.4, -0.2) is 18.1 Å². The fraction of sp³-hybridized carbons (Fsp3) is 0.389. The molecule has 22 heavy (non-hydrogen) atoms. The molecule has 0 bridgehead atoms. The molecule has 1 atom stereocenters. The first-order valence-corrected chi connectivity index (χ1v) is 7.64. The number of rotatable bonds is 7. The van der Waals surface area contributed by atoms with Crippen LogP contribution in [0.15, 0.2) is 47.1 Å². The topological polar surface area (TPSA) is 51.5 Å². The fourth-order valence-electron chi connectivity index (χ4n) is 2.15. The molecule has 4 nitrogen and oxygen atoms in total. The van der Waals surface area contributed by atoms with Crippen LogP contribution in [-0.2, 0) is 6.42 Å². The third-order valence-electron chi connectivity index (χ3n) is 3.27. The van der Waals surface area contributed by atoms with Gasteiger partial charge < -0.3 is 14.5 Å². The summed E-state index contributed by atoms with van der Waals surface area (Å²) in [7, 11) is 0. The zero-order valence-electron chi connectivity index (χ0n) is 13.3. The van der Waals surface area contributed by atoms with Crippen molar-refractivity contribution >= 4 is 5.91 Å². The highest BCUT2D eigenvalue weighted by atomic mass is 16.5. The summed E-state index contributed by atoms with van der Waals surface area (Å²) in [6.45, 7) is 5.94. The van der Waals surface area contributed by atoms with Gasteiger partial charge in [0.25, 0.3) is 5.91 Å². The zero-order chi connectivity index (χ0) is 15.9. The van der Waals surface area contributed by atoms with Crippen molar-refractivity contribution < 1.29 is 13.9 Å². The molecule has 0 saturated heterocycles. The van der Waals surface area contributed by atoms with Gasteiger partial charge in [0.05, 0.1) is 12.4 Å². The van der Waals surface area contributed by atoms with Gasteiger partial charge in [-0.3, -0.25) is 4.79 Å². The van der Waals surface area contributed by atoms with Crippen molar-refractivity contribution in [3.63, 3.8) is 0 Å². The number of benzene rings is 1. The summed E-state index contributed by atoms with van der Waals surface area (Å²) in [6.07, 6.45) is 3.45. The Morgan fingerprint density at radius 1 is 1.18 bits per heavy atom. The standard InChI is InChI=1S/C18H23NO3/c1-13(2)22-17-10-7-15(8-11-17)18(20)19-14(3)6-9-16-5-4-12-21-16/h4-5,7-8,10-14H,6,9H2,1-3H3,(H,19,20). The lowest BCUT2D eigenvalue weighted by Gasteiger charge is -2.14. The maximum absolute atomic E-state index is 12.2. The molecule has 0 saturated carbocycles. The lowest BCUT2D eigenvalue weighted by Crippen LogP contribution is -2.32. The number of amides is 1. The first-order chi connectivity index (χ1) is 10.5. The minimum absolute atomic E-state index is 0.0666. The van der Waals surface area contributed by atoms with E-state index in [1.54, 1.807) is 18.4 Å². The van der Waals surface area contributed by atoms with E-state index in [1.165, 1.54) is 0 Å². The molecular formula is C18H23NO3. The second-order valence-corrected chi connectivity index (χ2v) is 5.68. The van der Waals surface area contributed by atoms with Crippen molar-refractivity contribution in [3.05, 3.63) is 54.0 Å². The predicted molar refractivity (Wildman–Crippen MR) is 86.2 cm³/mol. The smallest absolute Gasteiger partial charge is 0.251 e. The van der Waals surface area contributed by atoms with Gasteiger partial charge in [0.1, 0.15) is 11.5 Å². The predicted octanol–water partition coefficient (Wildman–Crippen LogP) is 3.82. The normalized spacial score (nSPS) is 12.2. The van der Waals surface area contributed by atoms with Crippen molar-refractivity contribution in [1.82, 2.24) is 5.32 Å². The lowest BCUT2D eigenvalue weighted by molar-refractivity contribution is 0.0938. The Morgan fingerprint density at radius 3 is 2.50 bits per heavy atom. The average Bonchev–Trinajstić information content (AvgIpc) is 2.98. The van der Waals surface area contributed by atoms with E-state index in [9.17, 15) is 4.79 Å². The first kappa shape index (κ1) is 16.1. The molecule has 0 aliphatic heterocycles. The van der Waals surface area contributed by atoms with Crippen LogP contribution in [0.1, 0.15) is 43.3 Å². The van der Waals surface area contributed by atoms with Gasteiger partial charge in [0.15, 0.2) is 0 Å². The molecule has 118 valence electrons. The van der Waals surface area contributed by atoms with Gasteiger partial charge in [-0.05, 0) is 63.6 Å². The molecule has 0 aliphatic carbocycles. The number of nitrogens with one attached hydrogen (secondary N) is 1. The molecule has 1 heterocycles. The van der Waals surface area contributed by atoms with E-state index in [1.807, 2.05) is 45.0 Å². The minimum Gasteiger partial charge on any atom is -0.491 e. The average molecular weight is 301 g/mol. The minimum atomic E-state index is -0.0666. The summed E-state index contributed by atoms with van der Waals surface area (Å²) in [5.41, 5.74) is 0.640. The van der Waals surface area contributed by atoms with Crippen molar-refractivity contribution in [1.29, 1.82) is 0 Å². The van der Waals surface area contributed by atoms with Crippen molar-refractivity contribution in [2.24, 2.45) is 0 Å². The third-order valence-corrected chi connectivity index (χ3v) is 3.27. The Morgan fingerprint density at radius 2 is 1.91 bits per heavy atom. The van der Waals surface area contributed by atoms with Crippen LogP contribution in [0.2, 0.25) is 0 Å². The molecule has 0 spiro atoms. The quantitative estimate of drug-likeness (QED) is 0.846. The van der Waals surface area contributed by atoms with Crippen LogP contribution in [0.5, 0.6) is 5.75 Å². The molecule has 1 N–H and O–H groups in total. The van der Waals surface area contributed by atoms with Gasteiger partial charge >= 0.3 is 0 Å². The third kappa shape index (κ3) is 4.95. The second-order valence-electron chi connectivity index (χ2n) is 5.68. The molecule has 1 amide bonds. The monoisotopic (exact) mass is 301 g/mol. The van der Waals surface area contributed by atoms with Crippen LogP contribution in [0.3, 0.4) is 0 Å². The summed E-state index contributed by atoms with van der Waals surface area (Å²) in [4.78, 5) is 12.2. The Labute approximate surface area is 131 Å². The van der Waals surface area contributed by atoms with Crippen molar-refractivity contribution in [2.45, 2.75) is 45.8 Å². The van der Waals surface area contributed by atoms with Gasteiger partial charge in [-0.2, -0.15) is 0 Å². The van der Waals surface area contributed by atoms with Crippen LogP contribution in [0, 0.1) is 0 Å². The largest absolute Gasteiger partial charge is 0.491 e. The van der Waals surface area contributed by atoms with E-state index >= 15 is 0 Å². The molecule has 1 aromatic carbocycles. The molecular weight excluding hydrogens is 278 g/mol. The highest BCUT2D eigenvalue weighted by Gasteiger charge is 2.11.